The minimum absolute atomic E-state index is 0.0323. The van der Waals surface area contributed by atoms with E-state index >= 15 is 4.39 Å². The van der Waals surface area contributed by atoms with Crippen molar-refractivity contribution in [2.24, 2.45) is 0 Å². The summed E-state index contributed by atoms with van der Waals surface area (Å²) in [6.07, 6.45) is 1.32. The third kappa shape index (κ3) is 6.14. The van der Waals surface area contributed by atoms with E-state index in [1.807, 2.05) is 0 Å². The maximum atomic E-state index is 15.0. The van der Waals surface area contributed by atoms with Gasteiger partial charge in [0, 0.05) is 23.3 Å². The highest BCUT2D eigenvalue weighted by Crippen LogP contribution is 2.39. The van der Waals surface area contributed by atoms with Crippen LogP contribution in [0.1, 0.15) is 50.2 Å². The Balaban J connectivity index is 1.59. The van der Waals surface area contributed by atoms with E-state index in [0.29, 0.717) is 24.1 Å². The average molecular weight is 574 g/mol. The Bertz CT molecular complexity index is 1390. The summed E-state index contributed by atoms with van der Waals surface area (Å²) in [4.78, 5) is 0. The number of unbranched alkanes of at least 4 members (excludes halogenated alkanes) is 2. The van der Waals surface area contributed by atoms with Crippen molar-refractivity contribution in [3.8, 4) is 16.9 Å². The third-order valence-electron chi connectivity index (χ3n) is 6.51. The van der Waals surface area contributed by atoms with Crippen LogP contribution in [-0.2, 0) is 10.8 Å². The predicted octanol–water partition coefficient (Wildman–Crippen LogP) is 9.21. The Hall–Kier alpha value is -3.47. The zero-order chi connectivity index (χ0) is 29.2. The lowest BCUT2D eigenvalue weighted by atomic mass is 9.95. The van der Waals surface area contributed by atoms with Crippen molar-refractivity contribution >= 4 is 5.57 Å². The van der Waals surface area contributed by atoms with Crippen LogP contribution in [0.25, 0.3) is 16.7 Å². The molecule has 214 valence electrons. The highest BCUT2D eigenvalue weighted by molar-refractivity contribution is 5.72. The van der Waals surface area contributed by atoms with Gasteiger partial charge in [-0.2, -0.15) is 8.78 Å². The number of hydrogen-bond donors (Lipinski definition) is 0. The molecule has 0 saturated carbocycles. The number of rotatable bonds is 9. The van der Waals surface area contributed by atoms with Crippen LogP contribution in [0.2, 0.25) is 0 Å². The van der Waals surface area contributed by atoms with Gasteiger partial charge in [0.05, 0.1) is 12.7 Å². The summed E-state index contributed by atoms with van der Waals surface area (Å²) >= 11 is 0. The Kier molecular flexibility index (Phi) is 8.82. The molecule has 0 saturated heterocycles. The Labute approximate surface area is 224 Å². The van der Waals surface area contributed by atoms with Gasteiger partial charge in [0.2, 0.25) is 0 Å². The van der Waals surface area contributed by atoms with Crippen molar-refractivity contribution < 1.29 is 49.0 Å². The summed E-state index contributed by atoms with van der Waals surface area (Å²) in [7, 11) is 0. The smallest absolute Gasteiger partial charge is 0.429 e. The molecular formula is C29H23F9O2. The zero-order valence-corrected chi connectivity index (χ0v) is 21.1. The second kappa shape index (κ2) is 12.0. The van der Waals surface area contributed by atoms with E-state index < -0.39 is 69.3 Å². The maximum absolute atomic E-state index is 15.0. The SMILES string of the molecule is CCCCCC1CC=C(c2ccc(-c3cc(F)c(C(F)(F)Oc4cc(F)c(F)c(F)c4)c(F)c3)c(F)c2F)CO1. The van der Waals surface area contributed by atoms with Gasteiger partial charge in [0.25, 0.3) is 0 Å². The molecule has 3 aromatic carbocycles. The van der Waals surface area contributed by atoms with Gasteiger partial charge in [-0.15, -0.1) is 0 Å². The third-order valence-corrected chi connectivity index (χ3v) is 6.51. The number of ether oxygens (including phenoxy) is 2. The van der Waals surface area contributed by atoms with Crippen LogP contribution >= 0.6 is 0 Å². The van der Waals surface area contributed by atoms with Gasteiger partial charge in [0.1, 0.15) is 22.9 Å². The van der Waals surface area contributed by atoms with Gasteiger partial charge in [-0.3, -0.25) is 0 Å². The molecule has 3 aromatic rings. The topological polar surface area (TPSA) is 18.5 Å². The fourth-order valence-electron chi connectivity index (χ4n) is 4.44. The lowest BCUT2D eigenvalue weighted by molar-refractivity contribution is -0.189. The molecule has 0 aromatic heterocycles. The number of benzene rings is 3. The first kappa shape index (κ1) is 29.5. The van der Waals surface area contributed by atoms with Crippen LogP contribution in [-0.4, -0.2) is 12.7 Å². The Morgan fingerprint density at radius 1 is 0.800 bits per heavy atom. The fraction of sp³-hybridized carbons (Fsp3) is 0.310. The molecule has 1 unspecified atom stereocenters. The van der Waals surface area contributed by atoms with E-state index in [0.717, 1.165) is 31.7 Å². The van der Waals surface area contributed by atoms with E-state index in [2.05, 4.69) is 11.7 Å². The van der Waals surface area contributed by atoms with Gasteiger partial charge in [0.15, 0.2) is 29.1 Å². The second-order valence-electron chi connectivity index (χ2n) is 9.32. The molecule has 2 nitrogen and oxygen atoms in total. The molecule has 0 aliphatic carbocycles. The quantitative estimate of drug-likeness (QED) is 0.144. The summed E-state index contributed by atoms with van der Waals surface area (Å²) in [6, 6.07) is 3.05. The molecule has 0 spiro atoms. The standard InChI is InChI=1S/C29H23F9O2/c1-2-3-4-5-17-7-6-15(14-39-17)19-8-9-20(27(35)26(19)34)16-10-21(30)25(22(31)11-16)29(37,38)40-18-12-23(32)28(36)24(33)13-18/h6,8-13,17H,2-5,7,14H2,1H3. The first-order valence-electron chi connectivity index (χ1n) is 12.4. The summed E-state index contributed by atoms with van der Waals surface area (Å²) in [5, 5.41) is 0. The molecule has 0 amide bonds. The lowest BCUT2D eigenvalue weighted by Gasteiger charge is -2.23. The molecule has 1 atom stereocenters. The predicted molar refractivity (Wildman–Crippen MR) is 129 cm³/mol. The number of halogens is 9. The average Bonchev–Trinajstić information content (AvgIpc) is 2.88. The lowest BCUT2D eigenvalue weighted by Crippen LogP contribution is -2.25. The minimum atomic E-state index is -4.82. The molecule has 1 heterocycles. The fourth-order valence-corrected chi connectivity index (χ4v) is 4.44. The van der Waals surface area contributed by atoms with E-state index in [-0.39, 0.29) is 30.4 Å². The van der Waals surface area contributed by atoms with Crippen LogP contribution in [0.4, 0.5) is 39.5 Å². The van der Waals surface area contributed by atoms with E-state index in [4.69, 9.17) is 4.74 Å². The molecule has 0 fully saturated rings. The van der Waals surface area contributed by atoms with E-state index in [1.54, 1.807) is 6.08 Å². The number of alkyl halides is 2. The second-order valence-corrected chi connectivity index (χ2v) is 9.32. The van der Waals surface area contributed by atoms with Crippen molar-refractivity contribution in [2.45, 2.75) is 51.2 Å². The summed E-state index contributed by atoms with van der Waals surface area (Å²) in [5.74, 6) is -13.5. The van der Waals surface area contributed by atoms with Crippen molar-refractivity contribution in [1.82, 2.24) is 0 Å². The van der Waals surface area contributed by atoms with Crippen molar-refractivity contribution in [3.63, 3.8) is 0 Å². The highest BCUT2D eigenvalue weighted by Gasteiger charge is 2.41. The van der Waals surface area contributed by atoms with Crippen LogP contribution in [0.3, 0.4) is 0 Å². The monoisotopic (exact) mass is 574 g/mol. The Morgan fingerprint density at radius 2 is 1.40 bits per heavy atom. The number of hydrogen-bond acceptors (Lipinski definition) is 2. The molecule has 0 N–H and O–H groups in total. The van der Waals surface area contributed by atoms with Gasteiger partial charge in [-0.05, 0) is 36.1 Å². The first-order chi connectivity index (χ1) is 18.9. The Morgan fingerprint density at radius 3 is 1.98 bits per heavy atom. The zero-order valence-electron chi connectivity index (χ0n) is 21.1. The van der Waals surface area contributed by atoms with Crippen LogP contribution in [0, 0.1) is 40.7 Å². The summed E-state index contributed by atoms with van der Waals surface area (Å²) < 4.78 is 138. The van der Waals surface area contributed by atoms with Crippen molar-refractivity contribution in [1.29, 1.82) is 0 Å². The van der Waals surface area contributed by atoms with Crippen LogP contribution in [0.15, 0.2) is 42.5 Å². The normalized spacial score (nSPS) is 15.8. The molecule has 4 rings (SSSR count). The van der Waals surface area contributed by atoms with Crippen molar-refractivity contribution in [3.05, 3.63) is 94.3 Å². The maximum Gasteiger partial charge on any atom is 0.432 e. The molecule has 1 aliphatic rings. The molecule has 11 heteroatoms. The van der Waals surface area contributed by atoms with E-state index in [9.17, 15) is 35.1 Å². The van der Waals surface area contributed by atoms with Gasteiger partial charge < -0.3 is 9.47 Å². The van der Waals surface area contributed by atoms with Crippen molar-refractivity contribution in [2.75, 3.05) is 6.61 Å². The first-order valence-corrected chi connectivity index (χ1v) is 12.4. The summed E-state index contributed by atoms with van der Waals surface area (Å²) in [6.45, 7) is 2.12. The highest BCUT2D eigenvalue weighted by atomic mass is 19.3. The molecule has 0 radical (unpaired) electrons. The van der Waals surface area contributed by atoms with Crippen LogP contribution in [0.5, 0.6) is 5.75 Å². The molecule has 1 aliphatic heterocycles. The molecular weight excluding hydrogens is 551 g/mol. The molecule has 40 heavy (non-hydrogen) atoms. The van der Waals surface area contributed by atoms with Crippen LogP contribution < -0.4 is 4.74 Å². The largest absolute Gasteiger partial charge is 0.432 e. The summed E-state index contributed by atoms with van der Waals surface area (Å²) in [5.41, 5.74) is -2.87. The van der Waals surface area contributed by atoms with Gasteiger partial charge in [-0.1, -0.05) is 44.4 Å². The van der Waals surface area contributed by atoms with Gasteiger partial charge >= 0.3 is 6.11 Å². The molecule has 0 bridgehead atoms. The van der Waals surface area contributed by atoms with E-state index in [1.165, 1.54) is 6.07 Å². The van der Waals surface area contributed by atoms with Gasteiger partial charge in [-0.25, -0.2) is 30.7 Å². The minimum Gasteiger partial charge on any atom is -0.429 e.